The summed E-state index contributed by atoms with van der Waals surface area (Å²) in [6.45, 7) is 0. The van der Waals surface area contributed by atoms with E-state index in [1.165, 1.54) is 37.4 Å². The first-order chi connectivity index (χ1) is 13.6. The topological polar surface area (TPSA) is 85.4 Å². The number of carbonyl (C=O) groups excluding carboxylic acids is 1. The molecule has 3 rings (SSSR count). The van der Waals surface area contributed by atoms with E-state index in [9.17, 15) is 26.4 Å². The van der Waals surface area contributed by atoms with E-state index >= 15 is 0 Å². The van der Waals surface area contributed by atoms with Crippen LogP contribution >= 0.6 is 0 Å². The largest absolute Gasteiger partial charge is 0.469 e. The number of carbonyl (C=O) groups is 1. The number of methoxy groups -OCH3 is 1. The van der Waals surface area contributed by atoms with Gasteiger partial charge in [0.05, 0.1) is 29.2 Å². The smallest absolute Gasteiger partial charge is 0.417 e. The number of ether oxygens (including phenoxy) is 1. The number of rotatable bonds is 5. The minimum atomic E-state index is -4.47. The molecule has 156 valence electrons. The molecule has 0 spiro atoms. The zero-order chi connectivity index (χ0) is 21.2. The van der Waals surface area contributed by atoms with Crippen LogP contribution in [0.1, 0.15) is 24.8 Å². The number of nitrogens with one attached hydrogen (secondary N) is 1. The van der Waals surface area contributed by atoms with Gasteiger partial charge in [-0.2, -0.15) is 13.2 Å². The van der Waals surface area contributed by atoms with E-state index in [1.807, 2.05) is 0 Å². The number of hydrogen-bond donors (Lipinski definition) is 1. The molecule has 0 radical (unpaired) electrons. The van der Waals surface area contributed by atoms with Crippen molar-refractivity contribution in [2.24, 2.45) is 5.92 Å². The lowest BCUT2D eigenvalue weighted by atomic mass is 10.1. The Morgan fingerprint density at radius 2 is 1.83 bits per heavy atom. The van der Waals surface area contributed by atoms with Gasteiger partial charge in [-0.05, 0) is 43.5 Å². The number of sulfonamides is 1. The van der Waals surface area contributed by atoms with Crippen LogP contribution in [0.2, 0.25) is 0 Å². The summed E-state index contributed by atoms with van der Waals surface area (Å²) in [5.74, 6) is -0.666. The van der Waals surface area contributed by atoms with Crippen LogP contribution < -0.4 is 4.72 Å². The molecule has 2 aromatic rings. The molecule has 10 heteroatoms. The van der Waals surface area contributed by atoms with E-state index in [1.54, 1.807) is 0 Å². The van der Waals surface area contributed by atoms with Crippen molar-refractivity contribution in [3.8, 4) is 11.3 Å². The maximum absolute atomic E-state index is 12.6. The highest BCUT2D eigenvalue weighted by Gasteiger charge is 2.33. The molecule has 0 aliphatic heterocycles. The highest BCUT2D eigenvalue weighted by atomic mass is 32.2. The highest BCUT2D eigenvalue weighted by molar-refractivity contribution is 7.89. The molecule has 1 aliphatic carbocycles. The molecule has 1 fully saturated rings. The first-order valence-electron chi connectivity index (χ1n) is 8.84. The molecule has 1 saturated carbocycles. The first-order valence-corrected chi connectivity index (χ1v) is 10.3. The SMILES string of the molecule is COC(=O)[C@@H]1CC[C@H](NS(=O)(=O)c2ccc(-c3ccc(C(F)(F)F)cn3)cc2)C1. The van der Waals surface area contributed by atoms with Gasteiger partial charge >= 0.3 is 12.1 Å². The molecule has 0 amide bonds. The Bertz CT molecular complexity index is 974. The summed E-state index contributed by atoms with van der Waals surface area (Å²) in [5, 5.41) is 0. The number of esters is 1. The Balaban J connectivity index is 1.70. The van der Waals surface area contributed by atoms with Crippen LogP contribution in [0.4, 0.5) is 13.2 Å². The number of nitrogens with zero attached hydrogens (tertiary/aromatic N) is 1. The number of benzene rings is 1. The third kappa shape index (κ3) is 4.94. The zero-order valence-electron chi connectivity index (χ0n) is 15.4. The second-order valence-electron chi connectivity index (χ2n) is 6.81. The normalized spacial score (nSPS) is 19.9. The quantitative estimate of drug-likeness (QED) is 0.738. The third-order valence-electron chi connectivity index (χ3n) is 4.84. The van der Waals surface area contributed by atoms with Crippen molar-refractivity contribution < 1.29 is 31.1 Å². The van der Waals surface area contributed by atoms with Crippen molar-refractivity contribution in [3.63, 3.8) is 0 Å². The third-order valence-corrected chi connectivity index (χ3v) is 6.38. The van der Waals surface area contributed by atoms with E-state index in [0.29, 0.717) is 30.5 Å². The fourth-order valence-corrected chi connectivity index (χ4v) is 4.58. The molecule has 1 heterocycles. The lowest BCUT2D eigenvalue weighted by molar-refractivity contribution is -0.145. The lowest BCUT2D eigenvalue weighted by Gasteiger charge is -2.14. The molecule has 1 aliphatic rings. The van der Waals surface area contributed by atoms with Crippen molar-refractivity contribution in [3.05, 3.63) is 48.2 Å². The van der Waals surface area contributed by atoms with Crippen molar-refractivity contribution in [1.29, 1.82) is 0 Å². The van der Waals surface area contributed by atoms with Gasteiger partial charge in [0.25, 0.3) is 0 Å². The molecule has 0 unspecified atom stereocenters. The van der Waals surface area contributed by atoms with E-state index in [0.717, 1.165) is 12.3 Å². The molecule has 6 nitrogen and oxygen atoms in total. The molecule has 29 heavy (non-hydrogen) atoms. The maximum Gasteiger partial charge on any atom is 0.417 e. The molecule has 1 aromatic carbocycles. The van der Waals surface area contributed by atoms with Crippen molar-refractivity contribution in [2.75, 3.05) is 7.11 Å². The summed E-state index contributed by atoms with van der Waals surface area (Å²) < 4.78 is 70.3. The van der Waals surface area contributed by atoms with Gasteiger partial charge in [0.15, 0.2) is 0 Å². The second-order valence-corrected chi connectivity index (χ2v) is 8.52. The second kappa shape index (κ2) is 8.11. The van der Waals surface area contributed by atoms with Crippen LogP contribution in [0.5, 0.6) is 0 Å². The Kier molecular flexibility index (Phi) is 5.95. The zero-order valence-corrected chi connectivity index (χ0v) is 16.3. The molecule has 2 atom stereocenters. The van der Waals surface area contributed by atoms with Crippen molar-refractivity contribution in [2.45, 2.75) is 36.4 Å². The molecule has 0 bridgehead atoms. The predicted octanol–water partition coefficient (Wildman–Crippen LogP) is 3.39. The van der Waals surface area contributed by atoms with Crippen LogP contribution in [0.15, 0.2) is 47.5 Å². The number of hydrogen-bond acceptors (Lipinski definition) is 5. The number of pyridine rings is 1. The van der Waals surface area contributed by atoms with Gasteiger partial charge in [0, 0.05) is 17.8 Å². The van der Waals surface area contributed by atoms with Crippen molar-refractivity contribution in [1.82, 2.24) is 9.71 Å². The van der Waals surface area contributed by atoms with E-state index in [2.05, 4.69) is 9.71 Å². The summed E-state index contributed by atoms with van der Waals surface area (Å²) in [5.41, 5.74) is -0.0672. The average molecular weight is 428 g/mol. The van der Waals surface area contributed by atoms with Crippen LogP contribution in [0.3, 0.4) is 0 Å². The van der Waals surface area contributed by atoms with Gasteiger partial charge in [0.2, 0.25) is 10.0 Å². The van der Waals surface area contributed by atoms with Crippen LogP contribution in [-0.2, 0) is 25.7 Å². The maximum atomic E-state index is 12.6. The van der Waals surface area contributed by atoms with Gasteiger partial charge < -0.3 is 4.74 Å². The summed E-state index contributed by atoms with van der Waals surface area (Å²) in [4.78, 5) is 15.4. The summed E-state index contributed by atoms with van der Waals surface area (Å²) >= 11 is 0. The van der Waals surface area contributed by atoms with Gasteiger partial charge in [-0.1, -0.05) is 12.1 Å². The van der Waals surface area contributed by atoms with E-state index < -0.39 is 21.8 Å². The Hall–Kier alpha value is -2.46. The van der Waals surface area contributed by atoms with Gasteiger partial charge in [-0.15, -0.1) is 0 Å². The number of halogens is 3. The fourth-order valence-electron chi connectivity index (χ4n) is 3.29. The number of alkyl halides is 3. The number of aromatic nitrogens is 1. The summed E-state index contributed by atoms with van der Waals surface area (Å²) in [6.07, 6.45) is -2.27. The van der Waals surface area contributed by atoms with E-state index in [-0.39, 0.29) is 22.8 Å². The molecule has 1 aromatic heterocycles. The minimum absolute atomic E-state index is 0.0229. The van der Waals surface area contributed by atoms with E-state index in [4.69, 9.17) is 4.74 Å². The predicted molar refractivity (Wildman–Crippen MR) is 98.1 cm³/mol. The summed E-state index contributed by atoms with van der Waals surface area (Å²) in [6, 6.07) is 7.49. The fraction of sp³-hybridized carbons (Fsp3) is 0.368. The van der Waals surface area contributed by atoms with Gasteiger partial charge in [-0.3, -0.25) is 9.78 Å². The first kappa shape index (κ1) is 21.3. The van der Waals surface area contributed by atoms with Crippen LogP contribution in [0, 0.1) is 5.92 Å². The molecular formula is C19H19F3N2O4S. The average Bonchev–Trinajstić information content (AvgIpc) is 3.14. The monoisotopic (exact) mass is 428 g/mol. The molecular weight excluding hydrogens is 409 g/mol. The Morgan fingerprint density at radius 3 is 2.38 bits per heavy atom. The molecule has 1 N–H and O–H groups in total. The standard InChI is InChI=1S/C19H19F3N2O4S/c1-28-18(25)13-2-6-15(10-13)24-29(26,27)16-7-3-12(4-8-16)17-9-5-14(11-23-17)19(20,21)22/h3-5,7-9,11,13,15,24H,2,6,10H2,1H3/t13-,15+/m1/s1. The Morgan fingerprint density at radius 1 is 1.14 bits per heavy atom. The van der Waals surface area contributed by atoms with Crippen molar-refractivity contribution >= 4 is 16.0 Å². The highest BCUT2D eigenvalue weighted by Crippen LogP contribution is 2.30. The molecule has 0 saturated heterocycles. The minimum Gasteiger partial charge on any atom is -0.469 e. The Labute approximate surface area is 166 Å². The van der Waals surface area contributed by atoms with Gasteiger partial charge in [0.1, 0.15) is 0 Å². The van der Waals surface area contributed by atoms with Crippen LogP contribution in [0.25, 0.3) is 11.3 Å². The lowest BCUT2D eigenvalue weighted by Crippen LogP contribution is -2.33. The van der Waals surface area contributed by atoms with Crippen LogP contribution in [-0.4, -0.2) is 32.5 Å². The summed E-state index contributed by atoms with van der Waals surface area (Å²) in [7, 11) is -2.50. The van der Waals surface area contributed by atoms with Gasteiger partial charge in [-0.25, -0.2) is 13.1 Å².